The van der Waals surface area contributed by atoms with Crippen LogP contribution in [0.25, 0.3) is 0 Å². The van der Waals surface area contributed by atoms with Crippen LogP contribution in [0.5, 0.6) is 0 Å². The van der Waals surface area contributed by atoms with E-state index in [1.54, 1.807) is 30.3 Å². The molecule has 0 radical (unpaired) electrons. The Morgan fingerprint density at radius 2 is 1.91 bits per heavy atom. The molecule has 0 aliphatic heterocycles. The first-order valence-electron chi connectivity index (χ1n) is 7.13. The average Bonchev–Trinajstić information content (AvgIpc) is 2.54. The Hall–Kier alpha value is -2.67. The molecule has 1 unspecified atom stereocenters. The Morgan fingerprint density at radius 3 is 2.55 bits per heavy atom. The number of benzene rings is 2. The maximum atomic E-state index is 13.5. The highest BCUT2D eigenvalue weighted by Crippen LogP contribution is 2.14. The van der Waals surface area contributed by atoms with Crippen molar-refractivity contribution in [2.24, 2.45) is 0 Å². The van der Waals surface area contributed by atoms with Gasteiger partial charge in [0.05, 0.1) is 17.7 Å². The molecule has 112 valence electrons. The van der Waals surface area contributed by atoms with Crippen molar-refractivity contribution in [3.05, 3.63) is 71.0 Å². The summed E-state index contributed by atoms with van der Waals surface area (Å²) in [7, 11) is 0. The maximum absolute atomic E-state index is 13.5. The van der Waals surface area contributed by atoms with Crippen LogP contribution in [0.4, 0.5) is 4.39 Å². The van der Waals surface area contributed by atoms with Gasteiger partial charge in [0.25, 0.3) is 0 Å². The van der Waals surface area contributed by atoms with Gasteiger partial charge in [-0.15, -0.1) is 0 Å². The van der Waals surface area contributed by atoms with Crippen molar-refractivity contribution in [3.8, 4) is 6.07 Å². The van der Waals surface area contributed by atoms with Gasteiger partial charge in [0.15, 0.2) is 0 Å². The number of nitrogens with zero attached hydrogens (tertiary/aromatic N) is 1. The number of carbonyl (C=O) groups excluding carboxylic acids is 1. The number of carbonyl (C=O) groups is 1. The van der Waals surface area contributed by atoms with Crippen molar-refractivity contribution in [2.45, 2.75) is 25.8 Å². The van der Waals surface area contributed by atoms with E-state index in [0.717, 1.165) is 5.56 Å². The third-order valence-corrected chi connectivity index (χ3v) is 3.50. The smallest absolute Gasteiger partial charge is 0.220 e. The zero-order valence-corrected chi connectivity index (χ0v) is 12.3. The number of amides is 1. The highest BCUT2D eigenvalue weighted by atomic mass is 19.1. The Labute approximate surface area is 129 Å². The van der Waals surface area contributed by atoms with Crippen LogP contribution in [0, 0.1) is 17.1 Å². The monoisotopic (exact) mass is 296 g/mol. The first kappa shape index (κ1) is 15.7. The molecule has 0 saturated heterocycles. The van der Waals surface area contributed by atoms with Gasteiger partial charge in [-0.3, -0.25) is 4.79 Å². The minimum atomic E-state index is -0.282. The van der Waals surface area contributed by atoms with Crippen LogP contribution < -0.4 is 5.32 Å². The Bertz CT molecular complexity index is 689. The van der Waals surface area contributed by atoms with E-state index < -0.39 is 0 Å². The molecule has 0 bridgehead atoms. The molecule has 1 atom stereocenters. The normalized spacial score (nSPS) is 11.5. The number of rotatable bonds is 5. The summed E-state index contributed by atoms with van der Waals surface area (Å²) in [4.78, 5) is 11.9. The Balaban J connectivity index is 1.88. The molecule has 2 aromatic carbocycles. The summed E-state index contributed by atoms with van der Waals surface area (Å²) in [5.74, 6) is -0.407. The molecule has 1 N–H and O–H groups in total. The number of nitrogens with one attached hydrogen (secondary N) is 1. The van der Waals surface area contributed by atoms with Crippen LogP contribution in [0.2, 0.25) is 0 Å². The van der Waals surface area contributed by atoms with Crippen LogP contribution in [0.15, 0.2) is 48.5 Å². The van der Waals surface area contributed by atoms with E-state index in [4.69, 9.17) is 5.26 Å². The van der Waals surface area contributed by atoms with Gasteiger partial charge in [-0.25, -0.2) is 4.39 Å². The average molecular weight is 296 g/mol. The van der Waals surface area contributed by atoms with E-state index in [2.05, 4.69) is 11.4 Å². The van der Waals surface area contributed by atoms with Crippen molar-refractivity contribution in [1.82, 2.24) is 5.32 Å². The second-order valence-corrected chi connectivity index (χ2v) is 5.11. The fourth-order valence-electron chi connectivity index (χ4n) is 2.19. The summed E-state index contributed by atoms with van der Waals surface area (Å²) in [6, 6.07) is 15.5. The predicted molar refractivity (Wildman–Crippen MR) is 82.4 cm³/mol. The lowest BCUT2D eigenvalue weighted by atomic mass is 10.1. The lowest BCUT2D eigenvalue weighted by molar-refractivity contribution is -0.121. The summed E-state index contributed by atoms with van der Waals surface area (Å²) in [5.41, 5.74) is 2.06. The number of nitriles is 1. The fourth-order valence-corrected chi connectivity index (χ4v) is 2.19. The molecule has 0 spiro atoms. The molecule has 0 fully saturated rings. The number of aryl methyl sites for hydroxylation is 1. The topological polar surface area (TPSA) is 52.9 Å². The van der Waals surface area contributed by atoms with Gasteiger partial charge in [0.1, 0.15) is 5.82 Å². The van der Waals surface area contributed by atoms with Gasteiger partial charge >= 0.3 is 0 Å². The van der Waals surface area contributed by atoms with Crippen molar-refractivity contribution in [2.75, 3.05) is 0 Å². The maximum Gasteiger partial charge on any atom is 0.220 e. The fraction of sp³-hybridized carbons (Fsp3) is 0.222. The predicted octanol–water partition coefficient (Wildman–Crippen LogP) is 3.51. The van der Waals surface area contributed by atoms with Crippen molar-refractivity contribution >= 4 is 5.91 Å². The van der Waals surface area contributed by atoms with Crippen LogP contribution in [-0.2, 0) is 11.2 Å². The molecule has 2 aromatic rings. The van der Waals surface area contributed by atoms with Gasteiger partial charge in [-0.2, -0.15) is 5.26 Å². The third kappa shape index (κ3) is 4.16. The zero-order chi connectivity index (χ0) is 15.9. The van der Waals surface area contributed by atoms with Gasteiger partial charge < -0.3 is 5.32 Å². The Kier molecular flexibility index (Phi) is 5.26. The first-order valence-corrected chi connectivity index (χ1v) is 7.13. The molecule has 1 amide bonds. The largest absolute Gasteiger partial charge is 0.350 e. The van der Waals surface area contributed by atoms with E-state index in [0.29, 0.717) is 17.5 Å². The van der Waals surface area contributed by atoms with Crippen molar-refractivity contribution in [3.63, 3.8) is 0 Å². The standard InChI is InChI=1S/C18H17FN2O/c1-13(15-8-6-14(12-20)7-9-15)21-18(22)11-10-16-4-2-3-5-17(16)19/h2-9,13H,10-11H2,1H3,(H,21,22). The Morgan fingerprint density at radius 1 is 1.23 bits per heavy atom. The SMILES string of the molecule is CC(NC(=O)CCc1ccccc1F)c1ccc(C#N)cc1. The van der Waals surface area contributed by atoms with Gasteiger partial charge in [0.2, 0.25) is 5.91 Å². The zero-order valence-electron chi connectivity index (χ0n) is 12.3. The molecule has 0 aromatic heterocycles. The summed E-state index contributed by atoms with van der Waals surface area (Å²) in [5, 5.41) is 11.6. The minimum Gasteiger partial charge on any atom is -0.350 e. The lowest BCUT2D eigenvalue weighted by Crippen LogP contribution is -2.26. The summed E-state index contributed by atoms with van der Waals surface area (Å²) >= 11 is 0. The van der Waals surface area contributed by atoms with E-state index in [1.165, 1.54) is 6.07 Å². The number of hydrogen-bond donors (Lipinski definition) is 1. The molecule has 0 heterocycles. The molecule has 0 aliphatic rings. The van der Waals surface area contributed by atoms with E-state index in [9.17, 15) is 9.18 Å². The van der Waals surface area contributed by atoms with Crippen molar-refractivity contribution < 1.29 is 9.18 Å². The van der Waals surface area contributed by atoms with Crippen LogP contribution in [0.1, 0.15) is 36.1 Å². The molecular formula is C18H17FN2O. The molecule has 2 rings (SSSR count). The third-order valence-electron chi connectivity index (χ3n) is 3.50. The highest BCUT2D eigenvalue weighted by Gasteiger charge is 2.10. The highest BCUT2D eigenvalue weighted by molar-refractivity contribution is 5.76. The van der Waals surface area contributed by atoms with Crippen LogP contribution in [0.3, 0.4) is 0 Å². The van der Waals surface area contributed by atoms with Crippen molar-refractivity contribution in [1.29, 1.82) is 5.26 Å². The summed E-state index contributed by atoms with van der Waals surface area (Å²) in [6.45, 7) is 1.88. The van der Waals surface area contributed by atoms with E-state index in [1.807, 2.05) is 19.1 Å². The molecule has 22 heavy (non-hydrogen) atoms. The molecule has 0 aliphatic carbocycles. The molecule has 4 heteroatoms. The van der Waals surface area contributed by atoms with Crippen LogP contribution >= 0.6 is 0 Å². The summed E-state index contributed by atoms with van der Waals surface area (Å²) in [6.07, 6.45) is 0.611. The second kappa shape index (κ2) is 7.37. The van der Waals surface area contributed by atoms with E-state index >= 15 is 0 Å². The second-order valence-electron chi connectivity index (χ2n) is 5.11. The molecule has 0 saturated carbocycles. The summed E-state index contributed by atoms with van der Waals surface area (Å²) < 4.78 is 13.5. The number of hydrogen-bond acceptors (Lipinski definition) is 2. The minimum absolute atomic E-state index is 0.125. The van der Waals surface area contributed by atoms with E-state index in [-0.39, 0.29) is 24.2 Å². The lowest BCUT2D eigenvalue weighted by Gasteiger charge is -2.14. The molecule has 3 nitrogen and oxygen atoms in total. The van der Waals surface area contributed by atoms with Gasteiger partial charge in [-0.05, 0) is 42.7 Å². The van der Waals surface area contributed by atoms with Crippen LogP contribution in [-0.4, -0.2) is 5.91 Å². The number of halogens is 1. The first-order chi connectivity index (χ1) is 10.6. The molecular weight excluding hydrogens is 279 g/mol. The van der Waals surface area contributed by atoms with Gasteiger partial charge in [0, 0.05) is 6.42 Å². The van der Waals surface area contributed by atoms with Gasteiger partial charge in [-0.1, -0.05) is 30.3 Å². The quantitative estimate of drug-likeness (QED) is 0.918.